The van der Waals surface area contributed by atoms with Crippen LogP contribution in [0.25, 0.3) is 0 Å². The Morgan fingerprint density at radius 2 is 2.38 bits per heavy atom. The standard InChI is InChI=1S/C12H19NO3/c1-15-11(14)7-10-4-6-12-5-2-3-9(12)8-16-13(10)12/h9-10H,2-8H2,1H3/t9-,10+,12+/m1/s1. The highest BCUT2D eigenvalue weighted by Crippen LogP contribution is 2.53. The molecular formula is C12H19NO3. The molecule has 0 N–H and O–H groups in total. The molecule has 3 fully saturated rings. The van der Waals surface area contributed by atoms with E-state index in [9.17, 15) is 4.79 Å². The van der Waals surface area contributed by atoms with Gasteiger partial charge in [-0.25, -0.2) is 0 Å². The molecule has 3 aliphatic rings. The van der Waals surface area contributed by atoms with Crippen LogP contribution < -0.4 is 0 Å². The molecule has 3 atom stereocenters. The van der Waals surface area contributed by atoms with Gasteiger partial charge in [0, 0.05) is 12.0 Å². The number of carbonyl (C=O) groups is 1. The Bertz CT molecular complexity index is 307. The van der Waals surface area contributed by atoms with Gasteiger partial charge in [-0.2, -0.15) is 5.06 Å². The van der Waals surface area contributed by atoms with E-state index in [2.05, 4.69) is 5.06 Å². The minimum atomic E-state index is -0.118. The summed E-state index contributed by atoms with van der Waals surface area (Å²) in [5.74, 6) is 0.585. The maximum absolute atomic E-state index is 11.3. The SMILES string of the molecule is COC(=O)C[C@@H]1CC[C@@]23CCC[C@@H]2CON13. The number of esters is 1. The van der Waals surface area contributed by atoms with Gasteiger partial charge in [0.2, 0.25) is 0 Å². The maximum Gasteiger partial charge on any atom is 0.307 e. The van der Waals surface area contributed by atoms with Crippen molar-refractivity contribution in [2.24, 2.45) is 5.92 Å². The van der Waals surface area contributed by atoms with Crippen LogP contribution in [0, 0.1) is 5.92 Å². The lowest BCUT2D eigenvalue weighted by atomic mass is 9.87. The third-order valence-corrected chi connectivity index (χ3v) is 4.65. The van der Waals surface area contributed by atoms with E-state index in [1.54, 1.807) is 0 Å². The van der Waals surface area contributed by atoms with Gasteiger partial charge in [0.05, 0.1) is 25.7 Å². The molecule has 2 saturated heterocycles. The van der Waals surface area contributed by atoms with Crippen LogP contribution >= 0.6 is 0 Å². The first-order valence-electron chi connectivity index (χ1n) is 6.25. The molecule has 2 heterocycles. The zero-order valence-electron chi connectivity index (χ0n) is 9.78. The van der Waals surface area contributed by atoms with Gasteiger partial charge in [-0.15, -0.1) is 0 Å². The van der Waals surface area contributed by atoms with Crippen molar-refractivity contribution in [1.29, 1.82) is 0 Å². The fourth-order valence-corrected chi connectivity index (χ4v) is 3.86. The minimum absolute atomic E-state index is 0.118. The number of rotatable bonds is 2. The molecule has 1 spiro atoms. The van der Waals surface area contributed by atoms with E-state index in [0.717, 1.165) is 13.0 Å². The summed E-state index contributed by atoms with van der Waals surface area (Å²) in [4.78, 5) is 17.2. The summed E-state index contributed by atoms with van der Waals surface area (Å²) in [5, 5.41) is 2.15. The quantitative estimate of drug-likeness (QED) is 0.668. The predicted octanol–water partition coefficient (Wildman–Crippen LogP) is 1.50. The first-order chi connectivity index (χ1) is 7.76. The topological polar surface area (TPSA) is 38.8 Å². The number of methoxy groups -OCH3 is 1. The fraction of sp³-hybridized carbons (Fsp3) is 0.917. The third-order valence-electron chi connectivity index (χ3n) is 4.65. The number of ether oxygens (including phenoxy) is 1. The molecule has 4 nitrogen and oxygen atoms in total. The lowest BCUT2D eigenvalue weighted by Crippen LogP contribution is -2.43. The second-order valence-electron chi connectivity index (χ2n) is 5.29. The molecule has 16 heavy (non-hydrogen) atoms. The molecule has 1 saturated carbocycles. The number of hydrogen-bond acceptors (Lipinski definition) is 4. The second-order valence-corrected chi connectivity index (χ2v) is 5.29. The lowest BCUT2D eigenvalue weighted by Gasteiger charge is -2.31. The van der Waals surface area contributed by atoms with Gasteiger partial charge in [-0.05, 0) is 25.7 Å². The van der Waals surface area contributed by atoms with E-state index in [-0.39, 0.29) is 17.6 Å². The number of nitrogens with zero attached hydrogens (tertiary/aromatic N) is 1. The van der Waals surface area contributed by atoms with Crippen LogP contribution in [-0.2, 0) is 14.4 Å². The van der Waals surface area contributed by atoms with Crippen molar-refractivity contribution in [3.63, 3.8) is 0 Å². The van der Waals surface area contributed by atoms with Crippen molar-refractivity contribution >= 4 is 5.97 Å². The first-order valence-corrected chi connectivity index (χ1v) is 6.25. The van der Waals surface area contributed by atoms with Gasteiger partial charge in [-0.1, -0.05) is 6.42 Å². The van der Waals surface area contributed by atoms with Crippen LogP contribution in [0.4, 0.5) is 0 Å². The van der Waals surface area contributed by atoms with Gasteiger partial charge in [-0.3, -0.25) is 9.63 Å². The molecule has 1 aliphatic carbocycles. The molecular weight excluding hydrogens is 206 g/mol. The van der Waals surface area contributed by atoms with E-state index >= 15 is 0 Å². The highest BCUT2D eigenvalue weighted by Gasteiger charge is 2.58. The Kier molecular flexibility index (Phi) is 2.44. The Balaban J connectivity index is 1.74. The second kappa shape index (κ2) is 3.70. The third kappa shape index (κ3) is 1.32. The summed E-state index contributed by atoms with van der Waals surface area (Å²) in [7, 11) is 1.45. The van der Waals surface area contributed by atoms with Crippen molar-refractivity contribution in [3.8, 4) is 0 Å². The Morgan fingerprint density at radius 3 is 3.19 bits per heavy atom. The van der Waals surface area contributed by atoms with Gasteiger partial charge in [0.15, 0.2) is 0 Å². The van der Waals surface area contributed by atoms with E-state index < -0.39 is 0 Å². The summed E-state index contributed by atoms with van der Waals surface area (Å²) in [6.07, 6.45) is 6.60. The summed E-state index contributed by atoms with van der Waals surface area (Å²) in [5.41, 5.74) is 0.276. The van der Waals surface area contributed by atoms with Gasteiger partial charge in [0.1, 0.15) is 0 Å². The monoisotopic (exact) mass is 225 g/mol. The molecule has 0 bridgehead atoms. The molecule has 0 radical (unpaired) electrons. The summed E-state index contributed by atoms with van der Waals surface area (Å²) in [6.45, 7) is 0.859. The van der Waals surface area contributed by atoms with Gasteiger partial charge >= 0.3 is 5.97 Å². The molecule has 0 aromatic rings. The van der Waals surface area contributed by atoms with Crippen LogP contribution in [0.3, 0.4) is 0 Å². The van der Waals surface area contributed by atoms with Crippen LogP contribution in [0.5, 0.6) is 0 Å². The van der Waals surface area contributed by atoms with Crippen molar-refractivity contribution < 1.29 is 14.4 Å². The average molecular weight is 225 g/mol. The van der Waals surface area contributed by atoms with Crippen molar-refractivity contribution in [2.75, 3.05) is 13.7 Å². The largest absolute Gasteiger partial charge is 0.469 e. The van der Waals surface area contributed by atoms with Crippen molar-refractivity contribution in [2.45, 2.75) is 50.1 Å². The Morgan fingerprint density at radius 1 is 1.50 bits per heavy atom. The molecule has 4 heteroatoms. The molecule has 3 rings (SSSR count). The highest BCUT2D eigenvalue weighted by molar-refractivity contribution is 5.70. The lowest BCUT2D eigenvalue weighted by molar-refractivity contribution is -0.177. The van der Waals surface area contributed by atoms with Crippen molar-refractivity contribution in [1.82, 2.24) is 5.06 Å². The molecule has 0 aromatic heterocycles. The van der Waals surface area contributed by atoms with E-state index in [1.807, 2.05) is 0 Å². The van der Waals surface area contributed by atoms with Crippen LogP contribution in [0.15, 0.2) is 0 Å². The molecule has 90 valence electrons. The fourth-order valence-electron chi connectivity index (χ4n) is 3.86. The molecule has 0 unspecified atom stereocenters. The van der Waals surface area contributed by atoms with Crippen molar-refractivity contribution in [3.05, 3.63) is 0 Å². The van der Waals surface area contributed by atoms with Gasteiger partial charge in [0.25, 0.3) is 0 Å². The Hall–Kier alpha value is -0.610. The van der Waals surface area contributed by atoms with E-state index in [1.165, 1.54) is 32.8 Å². The highest BCUT2D eigenvalue weighted by atomic mass is 16.7. The van der Waals surface area contributed by atoms with Crippen LogP contribution in [-0.4, -0.2) is 36.3 Å². The van der Waals surface area contributed by atoms with Crippen LogP contribution in [0.2, 0.25) is 0 Å². The zero-order valence-corrected chi connectivity index (χ0v) is 9.78. The number of hydrogen-bond donors (Lipinski definition) is 0. The Labute approximate surface area is 95.8 Å². The van der Waals surface area contributed by atoms with E-state index in [0.29, 0.717) is 12.3 Å². The number of hydroxylamine groups is 2. The molecule has 2 aliphatic heterocycles. The normalized spacial score (nSPS) is 42.1. The molecule has 0 aromatic carbocycles. The summed E-state index contributed by atoms with van der Waals surface area (Å²) >= 11 is 0. The molecule has 0 amide bonds. The zero-order chi connectivity index (χ0) is 11.2. The number of carbonyl (C=O) groups excluding carboxylic acids is 1. The average Bonchev–Trinajstić information content (AvgIpc) is 2.89. The van der Waals surface area contributed by atoms with Crippen LogP contribution in [0.1, 0.15) is 38.5 Å². The van der Waals surface area contributed by atoms with Gasteiger partial charge < -0.3 is 4.74 Å². The van der Waals surface area contributed by atoms with E-state index in [4.69, 9.17) is 9.57 Å². The maximum atomic E-state index is 11.3. The summed E-state index contributed by atoms with van der Waals surface area (Å²) in [6, 6.07) is 0.246. The first kappa shape index (κ1) is 10.5. The predicted molar refractivity (Wildman–Crippen MR) is 57.5 cm³/mol. The smallest absolute Gasteiger partial charge is 0.307 e. The summed E-state index contributed by atoms with van der Waals surface area (Å²) < 4.78 is 4.75. The minimum Gasteiger partial charge on any atom is -0.469 e.